The molecule has 33 heavy (non-hydrogen) atoms. The summed E-state index contributed by atoms with van der Waals surface area (Å²) in [6.45, 7) is 4.75. The van der Waals surface area contributed by atoms with Crippen molar-refractivity contribution in [1.29, 1.82) is 0 Å². The van der Waals surface area contributed by atoms with Crippen molar-refractivity contribution in [2.24, 2.45) is 20.5 Å². The van der Waals surface area contributed by atoms with Crippen LogP contribution < -0.4 is 10.5 Å². The first kappa shape index (κ1) is 25.3. The molecule has 2 aliphatic rings. The van der Waals surface area contributed by atoms with E-state index in [9.17, 15) is 15.0 Å². The molecule has 10 heteroatoms. The third kappa shape index (κ3) is 6.17. The van der Waals surface area contributed by atoms with Gasteiger partial charge in [-0.15, -0.1) is 5.11 Å². The summed E-state index contributed by atoms with van der Waals surface area (Å²) >= 11 is 0. The maximum Gasteiger partial charge on any atom is 0.277 e. The second-order valence-corrected chi connectivity index (χ2v) is 9.44. The Morgan fingerprint density at radius 3 is 2.52 bits per heavy atom. The van der Waals surface area contributed by atoms with Gasteiger partial charge in [0, 0.05) is 32.2 Å². The maximum atomic E-state index is 13.4. The fourth-order valence-corrected chi connectivity index (χ4v) is 4.78. The molecule has 3 unspecified atom stereocenters. The van der Waals surface area contributed by atoms with Gasteiger partial charge < -0.3 is 20.0 Å². The number of azo groups is 2. The zero-order valence-electron chi connectivity index (χ0n) is 20.4. The van der Waals surface area contributed by atoms with Crippen LogP contribution in [0.25, 0.3) is 0 Å². The van der Waals surface area contributed by atoms with Gasteiger partial charge in [0.1, 0.15) is 5.69 Å². The quantitative estimate of drug-likeness (QED) is 0.576. The van der Waals surface area contributed by atoms with Gasteiger partial charge in [0.2, 0.25) is 5.88 Å². The summed E-state index contributed by atoms with van der Waals surface area (Å²) in [4.78, 5) is 17.6. The van der Waals surface area contributed by atoms with Crippen molar-refractivity contribution < 1.29 is 10.2 Å². The SMILES string of the molecule is CN=NC1CC(N=Nc2c(C)c(N3CCCCC3)c(=O)n(CCCN(C)C)c2O)CCC1O. The number of aliphatic hydroxyl groups excluding tert-OH is 1. The van der Waals surface area contributed by atoms with Crippen LogP contribution in [0.15, 0.2) is 25.3 Å². The monoisotopic (exact) mass is 461 g/mol. The number of rotatable bonds is 8. The molecule has 0 amide bonds. The van der Waals surface area contributed by atoms with Gasteiger partial charge in [-0.1, -0.05) is 0 Å². The average molecular weight is 462 g/mol. The summed E-state index contributed by atoms with van der Waals surface area (Å²) in [6.07, 6.45) is 5.33. The molecule has 3 atom stereocenters. The van der Waals surface area contributed by atoms with E-state index < -0.39 is 6.10 Å². The van der Waals surface area contributed by atoms with Crippen molar-refractivity contribution in [3.05, 3.63) is 15.9 Å². The highest BCUT2D eigenvalue weighted by molar-refractivity contribution is 5.67. The van der Waals surface area contributed by atoms with E-state index in [-0.39, 0.29) is 23.5 Å². The van der Waals surface area contributed by atoms with Gasteiger partial charge in [-0.05, 0) is 72.5 Å². The highest BCUT2D eigenvalue weighted by Gasteiger charge is 2.30. The van der Waals surface area contributed by atoms with Crippen LogP contribution in [0.4, 0.5) is 11.4 Å². The Morgan fingerprint density at radius 2 is 1.85 bits per heavy atom. The number of aromatic nitrogens is 1. The van der Waals surface area contributed by atoms with Crippen molar-refractivity contribution in [1.82, 2.24) is 9.47 Å². The van der Waals surface area contributed by atoms with E-state index in [1.807, 2.05) is 21.0 Å². The van der Waals surface area contributed by atoms with Crippen molar-refractivity contribution in [2.45, 2.75) is 76.6 Å². The molecule has 3 rings (SSSR count). The number of anilines is 1. The fraction of sp³-hybridized carbons (Fsp3) is 0.783. The van der Waals surface area contributed by atoms with E-state index >= 15 is 0 Å². The lowest BCUT2D eigenvalue weighted by molar-refractivity contribution is 0.0986. The molecule has 10 nitrogen and oxygen atoms in total. The Bertz CT molecular complexity index is 906. The van der Waals surface area contributed by atoms with E-state index in [2.05, 4.69) is 30.3 Å². The number of nitrogens with zero attached hydrogens (tertiary/aromatic N) is 7. The number of hydrogen-bond donors (Lipinski definition) is 2. The molecule has 0 bridgehead atoms. The minimum atomic E-state index is -0.514. The Labute approximate surface area is 196 Å². The van der Waals surface area contributed by atoms with Crippen LogP contribution in [0.5, 0.6) is 5.88 Å². The first-order valence-corrected chi connectivity index (χ1v) is 12.1. The van der Waals surface area contributed by atoms with Crippen molar-refractivity contribution in [3.63, 3.8) is 0 Å². The van der Waals surface area contributed by atoms with Gasteiger partial charge in [-0.2, -0.15) is 15.3 Å². The molecule has 0 spiro atoms. The Hall–Kier alpha value is -2.33. The summed E-state index contributed by atoms with van der Waals surface area (Å²) in [6, 6.07) is -0.401. The Balaban J connectivity index is 1.95. The minimum Gasteiger partial charge on any atom is -0.493 e. The molecule has 1 saturated heterocycles. The number of aromatic hydroxyl groups is 1. The highest BCUT2D eigenvalue weighted by Crippen LogP contribution is 2.36. The van der Waals surface area contributed by atoms with Crippen molar-refractivity contribution in [3.8, 4) is 5.88 Å². The van der Waals surface area contributed by atoms with Gasteiger partial charge in [-0.3, -0.25) is 9.36 Å². The zero-order chi connectivity index (χ0) is 24.0. The molecule has 2 heterocycles. The number of hydrogen-bond acceptors (Lipinski definition) is 9. The lowest BCUT2D eigenvalue weighted by Gasteiger charge is -2.30. The molecule has 2 N–H and O–H groups in total. The number of piperidine rings is 1. The van der Waals surface area contributed by atoms with E-state index in [1.54, 1.807) is 7.05 Å². The van der Waals surface area contributed by atoms with E-state index in [0.29, 0.717) is 42.7 Å². The predicted molar refractivity (Wildman–Crippen MR) is 129 cm³/mol. The maximum absolute atomic E-state index is 13.4. The molecule has 1 aromatic heterocycles. The van der Waals surface area contributed by atoms with Crippen LogP contribution in [0.3, 0.4) is 0 Å². The third-order valence-electron chi connectivity index (χ3n) is 6.62. The number of pyridine rings is 1. The summed E-state index contributed by atoms with van der Waals surface area (Å²) in [5.74, 6) is -0.124. The van der Waals surface area contributed by atoms with Gasteiger partial charge in [0.05, 0.1) is 18.2 Å². The number of aliphatic hydroxyl groups is 1. The Morgan fingerprint density at radius 1 is 1.12 bits per heavy atom. The van der Waals surface area contributed by atoms with Crippen LogP contribution in [0.1, 0.15) is 50.5 Å². The van der Waals surface area contributed by atoms with Crippen molar-refractivity contribution >= 4 is 11.4 Å². The van der Waals surface area contributed by atoms with Crippen LogP contribution in [0.2, 0.25) is 0 Å². The minimum absolute atomic E-state index is 0.116. The molecule has 0 aromatic carbocycles. The van der Waals surface area contributed by atoms with Crippen LogP contribution >= 0.6 is 0 Å². The van der Waals surface area contributed by atoms with Gasteiger partial charge in [0.25, 0.3) is 5.56 Å². The molecule has 1 aliphatic heterocycles. The molecule has 1 aliphatic carbocycles. The molecule has 184 valence electrons. The lowest BCUT2D eigenvalue weighted by atomic mass is 9.89. The van der Waals surface area contributed by atoms with Gasteiger partial charge in [-0.25, -0.2) is 0 Å². The van der Waals surface area contributed by atoms with E-state index in [4.69, 9.17) is 0 Å². The fourth-order valence-electron chi connectivity index (χ4n) is 4.78. The lowest BCUT2D eigenvalue weighted by Crippen LogP contribution is -2.37. The highest BCUT2D eigenvalue weighted by atomic mass is 16.3. The summed E-state index contributed by atoms with van der Waals surface area (Å²) < 4.78 is 1.45. The molecule has 1 aromatic rings. The van der Waals surface area contributed by atoms with E-state index in [1.165, 1.54) is 11.0 Å². The summed E-state index contributed by atoms with van der Waals surface area (Å²) in [7, 11) is 5.58. The molecular weight excluding hydrogens is 422 g/mol. The first-order chi connectivity index (χ1) is 15.8. The topological polar surface area (TPSA) is 118 Å². The second kappa shape index (κ2) is 11.7. The predicted octanol–water partition coefficient (Wildman–Crippen LogP) is 3.25. The summed E-state index contributed by atoms with van der Waals surface area (Å²) in [5, 5.41) is 38.1. The standard InChI is InChI=1S/C23H39N7O3/c1-16-20(27-25-17-9-10-19(31)18(15-17)26-24-2)22(32)30(14-8-11-28(3)4)23(33)21(16)29-12-6-5-7-13-29/h17-19,31-32H,5-15H2,1-4H3. The third-order valence-corrected chi connectivity index (χ3v) is 6.62. The van der Waals surface area contributed by atoms with Crippen LogP contribution in [-0.4, -0.2) is 78.6 Å². The largest absolute Gasteiger partial charge is 0.493 e. The molecule has 2 fully saturated rings. The molecular formula is C23H39N7O3. The van der Waals surface area contributed by atoms with Gasteiger partial charge in [0.15, 0.2) is 5.69 Å². The molecule has 0 radical (unpaired) electrons. The first-order valence-electron chi connectivity index (χ1n) is 12.1. The normalized spacial score (nSPS) is 24.4. The van der Waals surface area contributed by atoms with Gasteiger partial charge >= 0.3 is 0 Å². The summed E-state index contributed by atoms with van der Waals surface area (Å²) in [5.41, 5.74) is 1.50. The van der Waals surface area contributed by atoms with E-state index in [0.717, 1.165) is 38.9 Å². The molecule has 1 saturated carbocycles. The van der Waals surface area contributed by atoms with Crippen molar-refractivity contribution in [2.75, 3.05) is 45.7 Å². The van der Waals surface area contributed by atoms with Crippen LogP contribution in [0, 0.1) is 6.92 Å². The van der Waals surface area contributed by atoms with Crippen LogP contribution in [-0.2, 0) is 6.54 Å². The Kier molecular flexibility index (Phi) is 8.96. The average Bonchev–Trinajstić information content (AvgIpc) is 2.79. The second-order valence-electron chi connectivity index (χ2n) is 9.44. The zero-order valence-corrected chi connectivity index (χ0v) is 20.4. The smallest absolute Gasteiger partial charge is 0.277 e.